The summed E-state index contributed by atoms with van der Waals surface area (Å²) < 4.78 is 10.7. The smallest absolute Gasteiger partial charge is 0.338 e. The van der Waals surface area contributed by atoms with Crippen molar-refractivity contribution >= 4 is 5.97 Å². The molecular weight excluding hydrogens is 240 g/mol. The van der Waals surface area contributed by atoms with Gasteiger partial charge in [0, 0.05) is 0 Å². The lowest BCUT2D eigenvalue weighted by Crippen LogP contribution is -2.24. The van der Waals surface area contributed by atoms with E-state index in [9.17, 15) is 4.79 Å². The number of hydrogen-bond donors (Lipinski definition) is 0. The van der Waals surface area contributed by atoms with Gasteiger partial charge < -0.3 is 9.47 Å². The van der Waals surface area contributed by atoms with Crippen molar-refractivity contribution in [2.75, 3.05) is 7.11 Å². The van der Waals surface area contributed by atoms with E-state index in [0.29, 0.717) is 11.3 Å². The van der Waals surface area contributed by atoms with Gasteiger partial charge in [0.15, 0.2) is 0 Å². The first-order valence-corrected chi connectivity index (χ1v) is 6.46. The Morgan fingerprint density at radius 1 is 1.00 bits per heavy atom. The molecular formula is C16H24O3. The van der Waals surface area contributed by atoms with Crippen molar-refractivity contribution in [2.45, 2.75) is 52.6 Å². The summed E-state index contributed by atoms with van der Waals surface area (Å²) in [5.74, 6) is 0.352. The Hall–Kier alpha value is -1.51. The Bertz CT molecular complexity index is 462. The van der Waals surface area contributed by atoms with Crippen molar-refractivity contribution in [1.29, 1.82) is 0 Å². The Morgan fingerprint density at radius 3 is 2.00 bits per heavy atom. The fourth-order valence-electron chi connectivity index (χ4n) is 1.60. The molecule has 0 heterocycles. The van der Waals surface area contributed by atoms with Crippen LogP contribution in [0.4, 0.5) is 0 Å². The number of carbonyl (C=O) groups excluding carboxylic acids is 1. The van der Waals surface area contributed by atoms with Gasteiger partial charge in [-0.15, -0.1) is 0 Å². The molecule has 106 valence electrons. The molecule has 0 N–H and O–H groups in total. The molecule has 0 radical (unpaired) electrons. The van der Waals surface area contributed by atoms with Crippen molar-refractivity contribution in [1.82, 2.24) is 0 Å². The highest BCUT2D eigenvalue weighted by atomic mass is 16.6. The Balaban J connectivity index is 3.18. The minimum Gasteiger partial charge on any atom is -0.497 e. The van der Waals surface area contributed by atoms with Crippen LogP contribution in [-0.4, -0.2) is 18.7 Å². The molecule has 0 amide bonds. The van der Waals surface area contributed by atoms with E-state index in [-0.39, 0.29) is 11.4 Å². The van der Waals surface area contributed by atoms with Crippen LogP contribution in [0.5, 0.6) is 5.75 Å². The summed E-state index contributed by atoms with van der Waals surface area (Å²) in [6.07, 6.45) is 0. The van der Waals surface area contributed by atoms with E-state index in [4.69, 9.17) is 9.47 Å². The molecule has 0 aromatic heterocycles. The number of hydrogen-bond acceptors (Lipinski definition) is 3. The second-order valence-electron chi connectivity index (χ2n) is 6.70. The minimum absolute atomic E-state index is 0.0503. The fourth-order valence-corrected chi connectivity index (χ4v) is 1.60. The zero-order valence-corrected chi connectivity index (χ0v) is 13.0. The van der Waals surface area contributed by atoms with Crippen molar-refractivity contribution < 1.29 is 14.3 Å². The SMILES string of the molecule is COc1cc(C(=O)OC(C)(C)C)cc(C(C)(C)C)c1. The quantitative estimate of drug-likeness (QED) is 0.759. The van der Waals surface area contributed by atoms with Gasteiger partial charge in [0.1, 0.15) is 11.4 Å². The van der Waals surface area contributed by atoms with E-state index in [2.05, 4.69) is 20.8 Å². The molecule has 0 aliphatic carbocycles. The van der Waals surface area contributed by atoms with Crippen LogP contribution in [0.15, 0.2) is 18.2 Å². The Labute approximate surface area is 115 Å². The Morgan fingerprint density at radius 2 is 1.58 bits per heavy atom. The molecule has 1 aromatic rings. The van der Waals surface area contributed by atoms with Crippen molar-refractivity contribution in [3.63, 3.8) is 0 Å². The van der Waals surface area contributed by atoms with E-state index in [0.717, 1.165) is 5.56 Å². The highest BCUT2D eigenvalue weighted by Gasteiger charge is 2.21. The number of methoxy groups -OCH3 is 1. The average molecular weight is 264 g/mol. The van der Waals surface area contributed by atoms with E-state index < -0.39 is 5.60 Å². The molecule has 1 rings (SSSR count). The highest BCUT2D eigenvalue weighted by molar-refractivity contribution is 5.90. The number of benzene rings is 1. The number of ether oxygens (including phenoxy) is 2. The van der Waals surface area contributed by atoms with Crippen molar-refractivity contribution in [3.8, 4) is 5.75 Å². The second-order valence-corrected chi connectivity index (χ2v) is 6.70. The molecule has 0 saturated heterocycles. The molecule has 0 fully saturated rings. The van der Waals surface area contributed by atoms with E-state index >= 15 is 0 Å². The van der Waals surface area contributed by atoms with Crippen LogP contribution in [0, 0.1) is 0 Å². The van der Waals surface area contributed by atoms with Crippen LogP contribution in [0.25, 0.3) is 0 Å². The van der Waals surface area contributed by atoms with E-state index in [1.165, 1.54) is 0 Å². The molecule has 3 heteroatoms. The van der Waals surface area contributed by atoms with Gasteiger partial charge in [-0.1, -0.05) is 20.8 Å². The highest BCUT2D eigenvalue weighted by Crippen LogP contribution is 2.28. The summed E-state index contributed by atoms with van der Waals surface area (Å²) in [4.78, 5) is 12.1. The number of rotatable bonds is 2. The van der Waals surface area contributed by atoms with Gasteiger partial charge >= 0.3 is 5.97 Å². The zero-order chi connectivity index (χ0) is 14.8. The fraction of sp³-hybridized carbons (Fsp3) is 0.562. The van der Waals surface area contributed by atoms with Gasteiger partial charge in [0.25, 0.3) is 0 Å². The summed E-state index contributed by atoms with van der Waals surface area (Å²) in [5.41, 5.74) is 1.03. The first-order valence-electron chi connectivity index (χ1n) is 6.46. The van der Waals surface area contributed by atoms with E-state index in [1.54, 1.807) is 13.2 Å². The van der Waals surface area contributed by atoms with Gasteiger partial charge in [-0.05, 0) is 49.9 Å². The molecule has 0 aliphatic rings. The summed E-state index contributed by atoms with van der Waals surface area (Å²) in [7, 11) is 1.60. The van der Waals surface area contributed by atoms with Gasteiger partial charge in [-0.2, -0.15) is 0 Å². The summed E-state index contributed by atoms with van der Waals surface area (Å²) in [6, 6.07) is 5.54. The third-order valence-electron chi connectivity index (χ3n) is 2.64. The normalized spacial score (nSPS) is 12.2. The molecule has 0 atom stereocenters. The maximum atomic E-state index is 12.1. The van der Waals surface area contributed by atoms with Crippen molar-refractivity contribution in [2.24, 2.45) is 0 Å². The van der Waals surface area contributed by atoms with Gasteiger partial charge in [0.2, 0.25) is 0 Å². The monoisotopic (exact) mass is 264 g/mol. The molecule has 0 spiro atoms. The lowest BCUT2D eigenvalue weighted by Gasteiger charge is -2.23. The van der Waals surface area contributed by atoms with Crippen LogP contribution in [0.2, 0.25) is 0 Å². The molecule has 0 saturated carbocycles. The number of carbonyl (C=O) groups is 1. The first kappa shape index (κ1) is 15.5. The molecule has 0 aliphatic heterocycles. The second kappa shape index (κ2) is 5.24. The third-order valence-corrected chi connectivity index (χ3v) is 2.64. The first-order chi connectivity index (χ1) is 8.53. The predicted molar refractivity (Wildman–Crippen MR) is 76.9 cm³/mol. The summed E-state index contributed by atoms with van der Waals surface area (Å²) in [5, 5.41) is 0. The van der Waals surface area contributed by atoms with Gasteiger partial charge in [0.05, 0.1) is 12.7 Å². The van der Waals surface area contributed by atoms with Crippen molar-refractivity contribution in [3.05, 3.63) is 29.3 Å². The van der Waals surface area contributed by atoms with E-state index in [1.807, 2.05) is 32.9 Å². The molecule has 0 bridgehead atoms. The summed E-state index contributed by atoms with van der Waals surface area (Å²) in [6.45, 7) is 11.9. The van der Waals surface area contributed by atoms with Gasteiger partial charge in [-0.25, -0.2) is 4.79 Å². The average Bonchev–Trinajstić information content (AvgIpc) is 2.25. The van der Waals surface area contributed by atoms with Crippen LogP contribution in [-0.2, 0) is 10.2 Å². The largest absolute Gasteiger partial charge is 0.497 e. The maximum absolute atomic E-state index is 12.1. The van der Waals surface area contributed by atoms with Crippen LogP contribution in [0.1, 0.15) is 57.5 Å². The zero-order valence-electron chi connectivity index (χ0n) is 13.0. The van der Waals surface area contributed by atoms with Crippen LogP contribution >= 0.6 is 0 Å². The molecule has 1 aromatic carbocycles. The molecule has 3 nitrogen and oxygen atoms in total. The predicted octanol–water partition coefficient (Wildman–Crippen LogP) is 3.95. The van der Waals surface area contributed by atoms with Crippen LogP contribution < -0.4 is 4.74 Å². The maximum Gasteiger partial charge on any atom is 0.338 e. The third kappa shape index (κ3) is 4.58. The molecule has 0 unspecified atom stereocenters. The minimum atomic E-state index is -0.498. The van der Waals surface area contributed by atoms with Gasteiger partial charge in [-0.3, -0.25) is 0 Å². The van der Waals surface area contributed by atoms with Crippen LogP contribution in [0.3, 0.4) is 0 Å². The summed E-state index contributed by atoms with van der Waals surface area (Å²) >= 11 is 0. The lowest BCUT2D eigenvalue weighted by molar-refractivity contribution is 0.00690. The lowest BCUT2D eigenvalue weighted by atomic mass is 9.86. The molecule has 19 heavy (non-hydrogen) atoms. The Kier molecular flexibility index (Phi) is 4.28. The number of esters is 1. The topological polar surface area (TPSA) is 35.5 Å². The standard InChI is InChI=1S/C16H24O3/c1-15(2,3)12-8-11(9-13(10-12)18-7)14(17)19-16(4,5)6/h8-10H,1-7H3.